The van der Waals surface area contributed by atoms with E-state index in [0.29, 0.717) is 19.7 Å². The summed E-state index contributed by atoms with van der Waals surface area (Å²) < 4.78 is 5.30. The van der Waals surface area contributed by atoms with E-state index in [1.54, 1.807) is 17.0 Å². The van der Waals surface area contributed by atoms with E-state index < -0.39 is 0 Å². The summed E-state index contributed by atoms with van der Waals surface area (Å²) in [5, 5.41) is 9.80. The third-order valence-corrected chi connectivity index (χ3v) is 3.37. The zero-order valence-electron chi connectivity index (χ0n) is 10.9. The van der Waals surface area contributed by atoms with Crippen molar-refractivity contribution in [1.82, 2.24) is 4.90 Å². The highest BCUT2D eigenvalue weighted by atomic mass is 16.5. The third-order valence-electron chi connectivity index (χ3n) is 3.37. The minimum atomic E-state index is -0.0310. The lowest BCUT2D eigenvalue weighted by molar-refractivity contribution is -0.149. The number of amides is 1. The Labute approximate surface area is 113 Å². The van der Waals surface area contributed by atoms with Crippen LogP contribution in [0.25, 0.3) is 0 Å². The number of morpholine rings is 1. The van der Waals surface area contributed by atoms with Gasteiger partial charge in [-0.1, -0.05) is 18.2 Å². The number of phenolic OH excluding ortho intramolecular Hbond substituents is 1. The fourth-order valence-corrected chi connectivity index (χ4v) is 2.30. The van der Waals surface area contributed by atoms with Crippen molar-refractivity contribution < 1.29 is 14.6 Å². The smallest absolute Gasteiger partial charge is 0.249 e. The third kappa shape index (κ3) is 3.45. The molecule has 1 unspecified atom stereocenters. The number of benzene rings is 1. The lowest BCUT2D eigenvalue weighted by Crippen LogP contribution is -2.48. The lowest BCUT2D eigenvalue weighted by Gasteiger charge is -2.35. The second kappa shape index (κ2) is 6.54. The minimum Gasteiger partial charge on any atom is -0.508 e. The SMILES string of the molecule is NCCCC1COCC(=O)N1Cc1ccccc1O. The van der Waals surface area contributed by atoms with Gasteiger partial charge in [-0.25, -0.2) is 0 Å². The molecule has 0 bridgehead atoms. The molecule has 1 saturated heterocycles. The van der Waals surface area contributed by atoms with Crippen molar-refractivity contribution in [3.8, 4) is 5.75 Å². The molecule has 0 aromatic heterocycles. The number of carbonyl (C=O) groups excluding carboxylic acids is 1. The quantitative estimate of drug-likeness (QED) is 0.827. The Morgan fingerprint density at radius 1 is 1.42 bits per heavy atom. The fraction of sp³-hybridized carbons (Fsp3) is 0.500. The van der Waals surface area contributed by atoms with E-state index in [4.69, 9.17) is 10.5 Å². The van der Waals surface area contributed by atoms with Gasteiger partial charge in [0.15, 0.2) is 0 Å². The average molecular weight is 264 g/mol. The van der Waals surface area contributed by atoms with Crippen molar-refractivity contribution >= 4 is 5.91 Å². The second-order valence-electron chi connectivity index (χ2n) is 4.75. The highest BCUT2D eigenvalue weighted by Gasteiger charge is 2.28. The Morgan fingerprint density at radius 3 is 2.95 bits per heavy atom. The van der Waals surface area contributed by atoms with Crippen LogP contribution in [-0.4, -0.2) is 41.7 Å². The summed E-state index contributed by atoms with van der Waals surface area (Å²) in [5.41, 5.74) is 6.28. The first-order chi connectivity index (χ1) is 9.22. The molecule has 1 fully saturated rings. The van der Waals surface area contributed by atoms with Gasteiger partial charge in [0, 0.05) is 12.1 Å². The van der Waals surface area contributed by atoms with E-state index in [9.17, 15) is 9.90 Å². The van der Waals surface area contributed by atoms with Crippen LogP contribution in [0.2, 0.25) is 0 Å². The Balaban J connectivity index is 2.09. The largest absolute Gasteiger partial charge is 0.508 e. The van der Waals surface area contributed by atoms with Gasteiger partial charge >= 0.3 is 0 Å². The van der Waals surface area contributed by atoms with Gasteiger partial charge in [-0.3, -0.25) is 4.79 Å². The molecule has 5 nitrogen and oxygen atoms in total. The summed E-state index contributed by atoms with van der Waals surface area (Å²) in [5.74, 6) is 0.191. The molecule has 2 rings (SSSR count). The number of nitrogens with zero attached hydrogens (tertiary/aromatic N) is 1. The van der Waals surface area contributed by atoms with E-state index in [0.717, 1.165) is 18.4 Å². The highest BCUT2D eigenvalue weighted by molar-refractivity contribution is 5.78. The van der Waals surface area contributed by atoms with Gasteiger partial charge < -0.3 is 20.5 Å². The molecule has 19 heavy (non-hydrogen) atoms. The second-order valence-corrected chi connectivity index (χ2v) is 4.75. The van der Waals surface area contributed by atoms with Gasteiger partial charge in [-0.2, -0.15) is 0 Å². The Kier molecular flexibility index (Phi) is 4.76. The van der Waals surface area contributed by atoms with E-state index in [-0.39, 0.29) is 24.3 Å². The predicted octanol–water partition coefficient (Wildman–Crippen LogP) is 0.859. The van der Waals surface area contributed by atoms with Crippen molar-refractivity contribution in [2.75, 3.05) is 19.8 Å². The van der Waals surface area contributed by atoms with Crippen LogP contribution < -0.4 is 5.73 Å². The lowest BCUT2D eigenvalue weighted by atomic mass is 10.1. The topological polar surface area (TPSA) is 75.8 Å². The molecule has 0 spiro atoms. The number of nitrogens with two attached hydrogens (primary N) is 1. The molecular formula is C14H20N2O3. The number of carbonyl (C=O) groups is 1. The maximum atomic E-state index is 12.0. The van der Waals surface area contributed by atoms with E-state index in [1.807, 2.05) is 12.1 Å². The standard InChI is InChI=1S/C14H20N2O3/c15-7-3-5-12-9-19-10-14(18)16(12)8-11-4-1-2-6-13(11)17/h1-2,4,6,12,17H,3,5,7-10,15H2. The monoisotopic (exact) mass is 264 g/mol. The van der Waals surface area contributed by atoms with Gasteiger partial charge in [0.05, 0.1) is 12.6 Å². The zero-order valence-corrected chi connectivity index (χ0v) is 10.9. The molecule has 1 aromatic carbocycles. The normalized spacial score (nSPS) is 19.7. The predicted molar refractivity (Wildman–Crippen MR) is 71.6 cm³/mol. The number of hydrogen-bond acceptors (Lipinski definition) is 4. The summed E-state index contributed by atoms with van der Waals surface area (Å²) in [4.78, 5) is 13.8. The summed E-state index contributed by atoms with van der Waals surface area (Å²) in [7, 11) is 0. The molecule has 1 aliphatic rings. The number of phenols is 1. The van der Waals surface area contributed by atoms with Gasteiger partial charge in [0.25, 0.3) is 0 Å². The molecule has 104 valence electrons. The van der Waals surface area contributed by atoms with Crippen LogP contribution in [0.4, 0.5) is 0 Å². The first-order valence-corrected chi connectivity index (χ1v) is 6.56. The maximum absolute atomic E-state index is 12.0. The van der Waals surface area contributed by atoms with Crippen LogP contribution in [0.5, 0.6) is 5.75 Å². The number of hydrogen-bond donors (Lipinski definition) is 2. The summed E-state index contributed by atoms with van der Waals surface area (Å²) in [6, 6.07) is 7.14. The Morgan fingerprint density at radius 2 is 2.21 bits per heavy atom. The first kappa shape index (κ1) is 13.8. The van der Waals surface area contributed by atoms with Crippen molar-refractivity contribution in [2.45, 2.75) is 25.4 Å². The molecule has 5 heteroatoms. The first-order valence-electron chi connectivity index (χ1n) is 6.56. The summed E-state index contributed by atoms with van der Waals surface area (Å²) in [6.45, 7) is 1.69. The zero-order chi connectivity index (χ0) is 13.7. The van der Waals surface area contributed by atoms with Gasteiger partial charge in [0.1, 0.15) is 12.4 Å². The molecule has 1 aromatic rings. The number of ether oxygens (including phenoxy) is 1. The van der Waals surface area contributed by atoms with Crippen LogP contribution in [0.15, 0.2) is 24.3 Å². The minimum absolute atomic E-state index is 0.0310. The molecular weight excluding hydrogens is 244 g/mol. The van der Waals surface area contributed by atoms with Gasteiger partial charge in [-0.05, 0) is 25.5 Å². The van der Waals surface area contributed by atoms with Crippen LogP contribution >= 0.6 is 0 Å². The molecule has 1 heterocycles. The number of para-hydroxylation sites is 1. The fourth-order valence-electron chi connectivity index (χ4n) is 2.30. The van der Waals surface area contributed by atoms with Crippen LogP contribution in [-0.2, 0) is 16.1 Å². The molecule has 0 saturated carbocycles. The molecule has 1 aliphatic heterocycles. The van der Waals surface area contributed by atoms with E-state index in [1.165, 1.54) is 0 Å². The summed E-state index contributed by atoms with van der Waals surface area (Å²) in [6.07, 6.45) is 1.69. The van der Waals surface area contributed by atoms with Gasteiger partial charge in [-0.15, -0.1) is 0 Å². The molecule has 0 radical (unpaired) electrons. The van der Waals surface area contributed by atoms with Crippen molar-refractivity contribution in [1.29, 1.82) is 0 Å². The van der Waals surface area contributed by atoms with Crippen LogP contribution in [0.1, 0.15) is 18.4 Å². The molecule has 3 N–H and O–H groups in total. The highest BCUT2D eigenvalue weighted by Crippen LogP contribution is 2.22. The molecule has 1 amide bonds. The van der Waals surface area contributed by atoms with E-state index >= 15 is 0 Å². The molecule has 0 aliphatic carbocycles. The van der Waals surface area contributed by atoms with Crippen molar-refractivity contribution in [3.63, 3.8) is 0 Å². The summed E-state index contributed by atoms with van der Waals surface area (Å²) >= 11 is 0. The Bertz CT molecular complexity index is 436. The molecule has 1 atom stereocenters. The van der Waals surface area contributed by atoms with Crippen molar-refractivity contribution in [3.05, 3.63) is 29.8 Å². The Hall–Kier alpha value is -1.59. The van der Waals surface area contributed by atoms with E-state index in [2.05, 4.69) is 0 Å². The number of aromatic hydroxyl groups is 1. The number of rotatable bonds is 5. The average Bonchev–Trinajstić information content (AvgIpc) is 2.41. The van der Waals surface area contributed by atoms with Crippen LogP contribution in [0, 0.1) is 0 Å². The van der Waals surface area contributed by atoms with Gasteiger partial charge in [0.2, 0.25) is 5.91 Å². The van der Waals surface area contributed by atoms with Crippen molar-refractivity contribution in [2.24, 2.45) is 5.73 Å². The maximum Gasteiger partial charge on any atom is 0.249 e. The van der Waals surface area contributed by atoms with Crippen LogP contribution in [0.3, 0.4) is 0 Å².